The number of hydrogen-bond acceptors (Lipinski definition) is 2. The third-order valence-corrected chi connectivity index (χ3v) is 5.05. The summed E-state index contributed by atoms with van der Waals surface area (Å²) in [7, 11) is 3.38. The van der Waals surface area contributed by atoms with Gasteiger partial charge in [0.05, 0.1) is 14.2 Å². The predicted octanol–water partition coefficient (Wildman–Crippen LogP) is 6.08. The maximum atomic E-state index is 6.31. The molecule has 0 atom stereocenters. The van der Waals surface area contributed by atoms with Crippen molar-refractivity contribution in [1.29, 1.82) is 0 Å². The van der Waals surface area contributed by atoms with Gasteiger partial charge in [-0.1, -0.05) is 12.1 Å². The Balaban J connectivity index is 3.06. The lowest BCUT2D eigenvalue weighted by Gasteiger charge is -2.23. The number of ether oxygens (including phenoxy) is 2. The molecule has 24 heavy (non-hydrogen) atoms. The lowest BCUT2D eigenvalue weighted by atomic mass is 9.87. The summed E-state index contributed by atoms with van der Waals surface area (Å²) in [5.74, 6) is 2.45. The number of alkyl halides is 2. The molecule has 0 amide bonds. The molecule has 130 valence electrons. The minimum atomic E-state index is 0.398. The van der Waals surface area contributed by atoms with Crippen molar-refractivity contribution in [1.82, 2.24) is 0 Å². The average molecular weight is 367 g/mol. The maximum Gasteiger partial charge on any atom is 0.130 e. The number of hydrogen-bond donors (Lipinski definition) is 0. The van der Waals surface area contributed by atoms with Crippen LogP contribution in [0.1, 0.15) is 33.4 Å². The van der Waals surface area contributed by atoms with E-state index in [1.54, 1.807) is 14.2 Å². The normalized spacial score (nSPS) is 10.8. The molecular weight excluding hydrogens is 343 g/mol. The van der Waals surface area contributed by atoms with Crippen molar-refractivity contribution in [3.05, 3.63) is 45.5 Å². The summed E-state index contributed by atoms with van der Waals surface area (Å²) < 4.78 is 11.5. The summed E-state index contributed by atoms with van der Waals surface area (Å²) in [5.41, 5.74) is 8.50. The molecule has 0 saturated heterocycles. The summed E-state index contributed by atoms with van der Waals surface area (Å²) in [6.45, 7) is 8.23. The van der Waals surface area contributed by atoms with E-state index in [-0.39, 0.29) is 0 Å². The molecule has 2 nitrogen and oxygen atoms in total. The van der Waals surface area contributed by atoms with E-state index < -0.39 is 0 Å². The molecule has 0 saturated carbocycles. The van der Waals surface area contributed by atoms with E-state index in [0.717, 1.165) is 56.0 Å². The molecule has 0 unspecified atom stereocenters. The first-order chi connectivity index (χ1) is 11.4. The second-order valence-electron chi connectivity index (χ2n) is 6.06. The van der Waals surface area contributed by atoms with Crippen LogP contribution in [0.25, 0.3) is 11.1 Å². The third-order valence-electron chi connectivity index (χ3n) is 4.52. The van der Waals surface area contributed by atoms with Crippen LogP contribution in [-0.2, 0) is 11.8 Å². The fraction of sp³-hybridized carbons (Fsp3) is 0.400. The number of halogens is 2. The number of aryl methyl sites for hydroxylation is 4. The lowest BCUT2D eigenvalue weighted by Crippen LogP contribution is -2.04. The van der Waals surface area contributed by atoms with E-state index in [9.17, 15) is 0 Å². The number of methoxy groups -OCH3 is 2. The Labute approximate surface area is 154 Å². The first-order valence-electron chi connectivity index (χ1n) is 7.87. The smallest absolute Gasteiger partial charge is 0.130 e. The summed E-state index contributed by atoms with van der Waals surface area (Å²) in [6.07, 6.45) is 0. The Hall–Kier alpha value is -1.38. The minimum Gasteiger partial charge on any atom is -0.496 e. The van der Waals surface area contributed by atoms with E-state index in [2.05, 4.69) is 26.0 Å². The molecule has 0 aromatic heterocycles. The van der Waals surface area contributed by atoms with Gasteiger partial charge in [-0.2, -0.15) is 0 Å². The van der Waals surface area contributed by atoms with Crippen molar-refractivity contribution in [2.24, 2.45) is 0 Å². The number of benzene rings is 2. The lowest BCUT2D eigenvalue weighted by molar-refractivity contribution is 0.406. The van der Waals surface area contributed by atoms with Crippen LogP contribution >= 0.6 is 23.2 Å². The summed E-state index contributed by atoms with van der Waals surface area (Å²) in [5, 5.41) is 0. The fourth-order valence-corrected chi connectivity index (χ4v) is 4.11. The van der Waals surface area contributed by atoms with Crippen LogP contribution in [0.2, 0.25) is 0 Å². The predicted molar refractivity (Wildman–Crippen MR) is 103 cm³/mol. The van der Waals surface area contributed by atoms with Gasteiger partial charge in [-0.3, -0.25) is 0 Å². The van der Waals surface area contributed by atoms with Crippen molar-refractivity contribution < 1.29 is 9.47 Å². The first-order valence-corrected chi connectivity index (χ1v) is 8.94. The molecule has 0 aliphatic rings. The molecule has 0 fully saturated rings. The van der Waals surface area contributed by atoms with Gasteiger partial charge in [0.15, 0.2) is 0 Å². The molecule has 0 aliphatic carbocycles. The zero-order valence-corrected chi connectivity index (χ0v) is 16.7. The van der Waals surface area contributed by atoms with Gasteiger partial charge in [-0.05, 0) is 61.1 Å². The van der Waals surface area contributed by atoms with Crippen LogP contribution in [0.4, 0.5) is 0 Å². The van der Waals surface area contributed by atoms with Crippen molar-refractivity contribution in [2.75, 3.05) is 14.2 Å². The van der Waals surface area contributed by atoms with Crippen LogP contribution < -0.4 is 9.47 Å². The van der Waals surface area contributed by atoms with E-state index in [1.807, 2.05) is 13.8 Å². The summed E-state index contributed by atoms with van der Waals surface area (Å²) in [4.78, 5) is 0. The van der Waals surface area contributed by atoms with E-state index in [1.165, 1.54) is 0 Å². The minimum absolute atomic E-state index is 0.398. The zero-order chi connectivity index (χ0) is 18.0. The van der Waals surface area contributed by atoms with Gasteiger partial charge in [0.25, 0.3) is 0 Å². The van der Waals surface area contributed by atoms with Crippen LogP contribution in [0, 0.1) is 27.7 Å². The first kappa shape index (κ1) is 19.0. The summed E-state index contributed by atoms with van der Waals surface area (Å²) in [6, 6.07) is 4.21. The highest BCUT2D eigenvalue weighted by molar-refractivity contribution is 6.18. The van der Waals surface area contributed by atoms with Gasteiger partial charge in [0.2, 0.25) is 0 Å². The molecule has 0 N–H and O–H groups in total. The van der Waals surface area contributed by atoms with E-state index >= 15 is 0 Å². The Morgan fingerprint density at radius 2 is 1.00 bits per heavy atom. The molecule has 2 aromatic carbocycles. The van der Waals surface area contributed by atoms with E-state index in [4.69, 9.17) is 32.7 Å². The molecule has 0 bridgehead atoms. The Bertz CT molecular complexity index is 645. The molecule has 0 spiro atoms. The molecule has 4 heteroatoms. The second-order valence-corrected chi connectivity index (χ2v) is 6.60. The molecule has 2 rings (SSSR count). The van der Waals surface area contributed by atoms with Gasteiger partial charge < -0.3 is 9.47 Å². The Morgan fingerprint density at radius 3 is 1.25 bits per heavy atom. The highest BCUT2D eigenvalue weighted by Crippen LogP contribution is 2.47. The molecule has 0 radical (unpaired) electrons. The largest absolute Gasteiger partial charge is 0.496 e. The molecule has 0 heterocycles. The topological polar surface area (TPSA) is 18.5 Å². The van der Waals surface area contributed by atoms with Crippen LogP contribution in [-0.4, -0.2) is 14.2 Å². The highest BCUT2D eigenvalue weighted by atomic mass is 35.5. The Kier molecular flexibility index (Phi) is 6.06. The second kappa shape index (κ2) is 7.67. The molecule has 2 aromatic rings. The van der Waals surface area contributed by atoms with Crippen LogP contribution in [0.3, 0.4) is 0 Å². The zero-order valence-electron chi connectivity index (χ0n) is 15.1. The summed E-state index contributed by atoms with van der Waals surface area (Å²) >= 11 is 12.6. The Morgan fingerprint density at radius 1 is 0.667 bits per heavy atom. The van der Waals surface area contributed by atoms with Gasteiger partial charge in [-0.15, -0.1) is 23.2 Å². The van der Waals surface area contributed by atoms with Crippen molar-refractivity contribution in [3.63, 3.8) is 0 Å². The van der Waals surface area contributed by atoms with Gasteiger partial charge in [0.1, 0.15) is 11.5 Å². The van der Waals surface area contributed by atoms with Gasteiger partial charge >= 0.3 is 0 Å². The van der Waals surface area contributed by atoms with Crippen molar-refractivity contribution >= 4 is 23.2 Å². The molecule has 0 aliphatic heterocycles. The van der Waals surface area contributed by atoms with Gasteiger partial charge in [-0.25, -0.2) is 0 Å². The monoisotopic (exact) mass is 366 g/mol. The van der Waals surface area contributed by atoms with Gasteiger partial charge in [0, 0.05) is 22.9 Å². The van der Waals surface area contributed by atoms with Crippen LogP contribution in [0.5, 0.6) is 11.5 Å². The third kappa shape index (κ3) is 3.10. The standard InChI is InChI=1S/C20H24Cl2O2/c1-11-7-13(3)19(23-5)17(15(11)9-21)18-16(10-22)12(2)8-14(4)20(18)24-6/h7-8H,9-10H2,1-6H3. The maximum absolute atomic E-state index is 6.31. The highest BCUT2D eigenvalue weighted by Gasteiger charge is 2.24. The fourth-order valence-electron chi connectivity index (χ4n) is 3.42. The van der Waals surface area contributed by atoms with Crippen LogP contribution in [0.15, 0.2) is 12.1 Å². The molecular formula is C20H24Cl2O2. The van der Waals surface area contributed by atoms with Crippen molar-refractivity contribution in [3.8, 4) is 22.6 Å². The van der Waals surface area contributed by atoms with E-state index in [0.29, 0.717) is 11.8 Å². The average Bonchev–Trinajstić information content (AvgIpc) is 2.53. The van der Waals surface area contributed by atoms with Crippen molar-refractivity contribution in [2.45, 2.75) is 39.5 Å². The quantitative estimate of drug-likeness (QED) is 0.596. The number of rotatable bonds is 5. The SMILES string of the molecule is COc1c(C)cc(C)c(CCl)c1-c1c(CCl)c(C)cc(C)c1OC.